The van der Waals surface area contributed by atoms with Crippen molar-refractivity contribution in [2.45, 2.75) is 59.8 Å². The van der Waals surface area contributed by atoms with Gasteiger partial charge in [0.2, 0.25) is 5.75 Å². The number of aromatic nitrogens is 1. The molecule has 0 aliphatic carbocycles. The quantitative estimate of drug-likeness (QED) is 0.122. The van der Waals surface area contributed by atoms with E-state index in [1.54, 1.807) is 49.6 Å². The van der Waals surface area contributed by atoms with Crippen molar-refractivity contribution in [2.24, 2.45) is 0 Å². The predicted octanol–water partition coefficient (Wildman–Crippen LogP) is 7.85. The smallest absolute Gasteiger partial charge is 0.355 e. The normalized spacial score (nSPS) is 11.9. The van der Waals surface area contributed by atoms with Crippen LogP contribution in [0.4, 0.5) is 0 Å². The average Bonchev–Trinajstić information content (AvgIpc) is 3.45. The van der Waals surface area contributed by atoms with Crippen LogP contribution in [0.2, 0.25) is 0 Å². The average molecular weight is 690 g/mol. The Hall–Kier alpha value is -5.19. The molecule has 1 aliphatic rings. The summed E-state index contributed by atoms with van der Waals surface area (Å²) in [5.74, 6) is 3.64. The van der Waals surface area contributed by atoms with Crippen LogP contribution in [0.3, 0.4) is 0 Å². The monoisotopic (exact) mass is 689 g/mol. The van der Waals surface area contributed by atoms with E-state index in [4.69, 9.17) is 42.6 Å². The number of fused-ring (bicyclic) bond motifs is 3. The van der Waals surface area contributed by atoms with Crippen LogP contribution in [0.1, 0.15) is 50.7 Å². The largest absolute Gasteiger partial charge is 0.493 e. The van der Waals surface area contributed by atoms with Gasteiger partial charge in [0.25, 0.3) is 0 Å². The summed E-state index contributed by atoms with van der Waals surface area (Å²) in [6, 6.07) is 11.3. The van der Waals surface area contributed by atoms with Crippen LogP contribution in [-0.4, -0.2) is 72.0 Å². The minimum Gasteiger partial charge on any atom is -0.493 e. The maximum Gasteiger partial charge on any atom is 0.355 e. The van der Waals surface area contributed by atoms with E-state index in [2.05, 4.69) is 0 Å². The van der Waals surface area contributed by atoms with Crippen molar-refractivity contribution < 1.29 is 47.4 Å². The van der Waals surface area contributed by atoms with Gasteiger partial charge < -0.3 is 47.2 Å². The summed E-state index contributed by atoms with van der Waals surface area (Å²) in [5, 5.41) is 0. The Morgan fingerprint density at radius 2 is 1.26 bits per heavy atom. The lowest BCUT2D eigenvalue weighted by Gasteiger charge is -2.26. The molecule has 1 aromatic heterocycles. The highest BCUT2D eigenvalue weighted by molar-refractivity contribution is 6.08. The Labute approximate surface area is 293 Å². The molecule has 0 saturated heterocycles. The van der Waals surface area contributed by atoms with Gasteiger partial charge in [0.05, 0.1) is 67.2 Å². The Bertz CT molecular complexity index is 1870. The zero-order valence-corrected chi connectivity index (χ0v) is 30.8. The molecule has 4 aromatic rings. The summed E-state index contributed by atoms with van der Waals surface area (Å²) in [6.45, 7) is 10.2. The molecule has 0 spiro atoms. The molecule has 2 heterocycles. The molecule has 0 unspecified atom stereocenters. The van der Waals surface area contributed by atoms with Gasteiger partial charge in [-0.2, -0.15) is 0 Å². The summed E-state index contributed by atoms with van der Waals surface area (Å²) in [6.07, 6.45) is 0.209. The summed E-state index contributed by atoms with van der Waals surface area (Å²) in [4.78, 5) is 14.3. The lowest BCUT2D eigenvalue weighted by Crippen LogP contribution is -2.19. The fraction of sp³-hybridized carbons (Fsp3) is 0.410. The van der Waals surface area contributed by atoms with E-state index in [1.165, 1.54) is 0 Å². The Morgan fingerprint density at radius 1 is 0.660 bits per heavy atom. The molecule has 5 rings (SSSR count). The molecule has 0 fully saturated rings. The number of nitrogens with zero attached hydrogens (tertiary/aromatic N) is 1. The van der Waals surface area contributed by atoms with Gasteiger partial charge >= 0.3 is 5.97 Å². The van der Waals surface area contributed by atoms with Crippen molar-refractivity contribution in [3.05, 3.63) is 47.7 Å². The molecule has 11 heteroatoms. The minimum atomic E-state index is -0.483. The van der Waals surface area contributed by atoms with E-state index >= 15 is 0 Å². The van der Waals surface area contributed by atoms with Crippen LogP contribution < -0.4 is 37.9 Å². The predicted molar refractivity (Wildman–Crippen MR) is 191 cm³/mol. The number of ether oxygens (including phenoxy) is 9. The maximum absolute atomic E-state index is 14.3. The Kier molecular flexibility index (Phi) is 10.9. The number of carbonyl (C=O) groups excluding carboxylic acids is 1. The minimum absolute atomic E-state index is 0.126. The second-order valence-electron chi connectivity index (χ2n) is 12.1. The highest BCUT2D eigenvalue weighted by Crippen LogP contribution is 2.55. The van der Waals surface area contributed by atoms with Crippen molar-refractivity contribution in [3.8, 4) is 79.5 Å². The van der Waals surface area contributed by atoms with Gasteiger partial charge in [0.1, 0.15) is 11.4 Å². The first-order chi connectivity index (χ1) is 24.1. The molecular formula is C39H47NO10. The van der Waals surface area contributed by atoms with Crippen LogP contribution >= 0.6 is 0 Å². The van der Waals surface area contributed by atoms with E-state index in [0.29, 0.717) is 75.8 Å². The Balaban J connectivity index is 2.03. The molecule has 11 nitrogen and oxygen atoms in total. The van der Waals surface area contributed by atoms with Crippen LogP contribution in [0.15, 0.2) is 36.4 Å². The van der Waals surface area contributed by atoms with Crippen LogP contribution in [0.25, 0.3) is 33.5 Å². The molecule has 0 atom stereocenters. The number of rotatable bonds is 14. The standard InChI is InChI=1S/C39H47NO10/c1-12-48-39(41)36-34(26-19-30(44-8)31(50-22(4)5)20-28(26)49-21(2)3)33(23-13-14-27(42-6)29(17-23)43-7)35-25-18-32(45-9)38(47-11)37(46-10)24(25)15-16-40(35)36/h13-14,17-22H,12,15-16H2,1-11H3. The second-order valence-corrected chi connectivity index (χ2v) is 12.1. The van der Waals surface area contributed by atoms with E-state index < -0.39 is 5.97 Å². The van der Waals surface area contributed by atoms with Gasteiger partial charge in [-0.1, -0.05) is 6.07 Å². The first-order valence-corrected chi connectivity index (χ1v) is 16.6. The van der Waals surface area contributed by atoms with E-state index in [1.807, 2.05) is 68.7 Å². The number of methoxy groups -OCH3 is 6. The molecule has 0 bridgehead atoms. The van der Waals surface area contributed by atoms with Gasteiger partial charge in [0.15, 0.2) is 34.5 Å². The zero-order chi connectivity index (χ0) is 36.3. The second kappa shape index (κ2) is 15.1. The van der Waals surface area contributed by atoms with Gasteiger partial charge in [-0.05, 0) is 70.9 Å². The van der Waals surface area contributed by atoms with Crippen molar-refractivity contribution in [3.63, 3.8) is 0 Å². The zero-order valence-electron chi connectivity index (χ0n) is 30.8. The third-order valence-corrected chi connectivity index (χ3v) is 8.44. The molecular weight excluding hydrogens is 642 g/mol. The lowest BCUT2D eigenvalue weighted by atomic mass is 9.89. The highest BCUT2D eigenvalue weighted by atomic mass is 16.5. The van der Waals surface area contributed by atoms with E-state index in [-0.39, 0.29) is 18.8 Å². The summed E-state index contributed by atoms with van der Waals surface area (Å²) >= 11 is 0. The number of esters is 1. The maximum atomic E-state index is 14.3. The Morgan fingerprint density at radius 3 is 1.84 bits per heavy atom. The van der Waals surface area contributed by atoms with Gasteiger partial charge in [-0.3, -0.25) is 0 Å². The number of carbonyl (C=O) groups is 1. The lowest BCUT2D eigenvalue weighted by molar-refractivity contribution is 0.0514. The first-order valence-electron chi connectivity index (χ1n) is 16.6. The van der Waals surface area contributed by atoms with E-state index in [9.17, 15) is 4.79 Å². The SMILES string of the molecule is CCOC(=O)c1c(-c2cc(OC)c(OC(C)C)cc2OC(C)C)c(-c2ccc(OC)c(OC)c2)c2n1CCc1c-2cc(OC)c(OC)c1OC. The first kappa shape index (κ1) is 36.1. The fourth-order valence-electron chi connectivity index (χ4n) is 6.56. The molecule has 0 radical (unpaired) electrons. The third kappa shape index (κ3) is 6.44. The van der Waals surface area contributed by atoms with Crippen LogP contribution in [0.5, 0.6) is 46.0 Å². The van der Waals surface area contributed by atoms with Gasteiger partial charge in [-0.25, -0.2) is 4.79 Å². The van der Waals surface area contributed by atoms with Crippen LogP contribution in [0, 0.1) is 0 Å². The highest BCUT2D eigenvalue weighted by Gasteiger charge is 2.37. The summed E-state index contributed by atoms with van der Waals surface area (Å²) < 4.78 is 55.3. The van der Waals surface area contributed by atoms with Crippen LogP contribution in [-0.2, 0) is 17.7 Å². The van der Waals surface area contributed by atoms with Gasteiger partial charge in [0, 0.05) is 40.4 Å². The van der Waals surface area contributed by atoms with Crippen molar-refractivity contribution >= 4 is 5.97 Å². The summed E-state index contributed by atoms with van der Waals surface area (Å²) in [7, 11) is 9.54. The van der Waals surface area contributed by atoms with Crippen molar-refractivity contribution in [1.82, 2.24) is 4.57 Å². The molecule has 3 aromatic carbocycles. The molecule has 0 saturated carbocycles. The summed E-state index contributed by atoms with van der Waals surface area (Å²) in [5.41, 5.74) is 5.55. The van der Waals surface area contributed by atoms with Crippen molar-refractivity contribution in [2.75, 3.05) is 49.3 Å². The number of hydrogen-bond acceptors (Lipinski definition) is 10. The van der Waals surface area contributed by atoms with Gasteiger partial charge in [-0.15, -0.1) is 0 Å². The van der Waals surface area contributed by atoms with Crippen molar-refractivity contribution in [1.29, 1.82) is 0 Å². The molecule has 50 heavy (non-hydrogen) atoms. The number of hydrogen-bond donors (Lipinski definition) is 0. The third-order valence-electron chi connectivity index (χ3n) is 8.44. The molecule has 0 amide bonds. The fourth-order valence-corrected chi connectivity index (χ4v) is 6.56. The molecule has 0 N–H and O–H groups in total. The molecule has 1 aliphatic heterocycles. The number of benzene rings is 3. The molecule has 268 valence electrons. The van der Waals surface area contributed by atoms with E-state index in [0.717, 1.165) is 27.9 Å². The topological polar surface area (TPSA) is 105 Å².